The summed E-state index contributed by atoms with van der Waals surface area (Å²) in [7, 11) is 0. The molecule has 9 nitrogen and oxygen atoms in total. The van der Waals surface area contributed by atoms with E-state index in [4.69, 9.17) is 19.3 Å². The van der Waals surface area contributed by atoms with Crippen molar-refractivity contribution in [2.24, 2.45) is 23.2 Å². The molecule has 0 radical (unpaired) electrons. The molecule has 3 aromatic carbocycles. The van der Waals surface area contributed by atoms with Crippen LogP contribution in [-0.4, -0.2) is 64.4 Å². The maximum Gasteiger partial charge on any atom is 0.342 e. The highest BCUT2D eigenvalue weighted by Gasteiger charge is 2.32. The van der Waals surface area contributed by atoms with E-state index >= 15 is 0 Å². The summed E-state index contributed by atoms with van der Waals surface area (Å²) in [5.41, 5.74) is 1.94. The van der Waals surface area contributed by atoms with Gasteiger partial charge in [-0.3, -0.25) is 0 Å². The van der Waals surface area contributed by atoms with Crippen molar-refractivity contribution in [3.05, 3.63) is 89.5 Å². The van der Waals surface area contributed by atoms with Crippen LogP contribution in [0, 0.1) is 23.2 Å². The van der Waals surface area contributed by atoms with Crippen LogP contribution in [0.5, 0.6) is 17.2 Å². The molecule has 0 aromatic heterocycles. The normalized spacial score (nSPS) is 17.8. The number of aliphatic hydroxyl groups is 1. The molecule has 1 fully saturated rings. The van der Waals surface area contributed by atoms with Gasteiger partial charge in [-0.2, -0.15) is 0 Å². The van der Waals surface area contributed by atoms with Gasteiger partial charge in [-0.05, 0) is 105 Å². The molecule has 0 saturated heterocycles. The van der Waals surface area contributed by atoms with E-state index in [0.717, 1.165) is 49.5 Å². The largest absolute Gasteiger partial charge is 0.508 e. The number of phenols is 3. The molecule has 3 aromatic rings. The van der Waals surface area contributed by atoms with E-state index in [1.807, 2.05) is 12.1 Å². The van der Waals surface area contributed by atoms with Crippen molar-refractivity contribution < 1.29 is 44.2 Å². The fourth-order valence-corrected chi connectivity index (χ4v) is 6.84. The highest BCUT2D eigenvalue weighted by molar-refractivity contribution is 5.92. The van der Waals surface area contributed by atoms with Crippen molar-refractivity contribution in [2.75, 3.05) is 19.8 Å². The Balaban J connectivity index is 0.000000275. The van der Waals surface area contributed by atoms with E-state index in [1.165, 1.54) is 37.5 Å². The first-order valence-electron chi connectivity index (χ1n) is 19.1. The molecule has 0 bridgehead atoms. The predicted octanol–water partition coefficient (Wildman–Crippen LogP) is 9.50. The quantitative estimate of drug-likeness (QED) is 0.112. The lowest BCUT2D eigenvalue weighted by atomic mass is 9.67. The van der Waals surface area contributed by atoms with Gasteiger partial charge in [0, 0.05) is 0 Å². The lowest BCUT2D eigenvalue weighted by molar-refractivity contribution is -0.0163. The molecule has 1 aliphatic rings. The zero-order chi connectivity index (χ0) is 39.4. The van der Waals surface area contributed by atoms with E-state index in [-0.39, 0.29) is 35.8 Å². The first-order valence-corrected chi connectivity index (χ1v) is 19.1. The van der Waals surface area contributed by atoms with Crippen LogP contribution in [0.3, 0.4) is 0 Å². The summed E-state index contributed by atoms with van der Waals surface area (Å²) in [5, 5.41) is 37.9. The second-order valence-electron chi connectivity index (χ2n) is 15.3. The molecule has 0 spiro atoms. The molecule has 294 valence electrons. The smallest absolute Gasteiger partial charge is 0.342 e. The minimum Gasteiger partial charge on any atom is -0.508 e. The van der Waals surface area contributed by atoms with Gasteiger partial charge in [-0.15, -0.1) is 0 Å². The van der Waals surface area contributed by atoms with Crippen molar-refractivity contribution in [2.45, 2.75) is 112 Å². The minimum absolute atomic E-state index is 0.0240. The van der Waals surface area contributed by atoms with Gasteiger partial charge in [0.05, 0.1) is 25.9 Å². The van der Waals surface area contributed by atoms with Crippen molar-refractivity contribution in [3.8, 4) is 17.2 Å². The summed E-state index contributed by atoms with van der Waals surface area (Å²) < 4.78 is 15.5. The molecule has 53 heavy (non-hydrogen) atoms. The fraction of sp³-hybridized carbons (Fsp3) is 0.545. The maximum absolute atomic E-state index is 11.8. The van der Waals surface area contributed by atoms with Gasteiger partial charge in [0.2, 0.25) is 0 Å². The third-order valence-corrected chi connectivity index (χ3v) is 9.24. The molecule has 5 atom stereocenters. The SMILES string of the molecule is CC(O)COCC(C)OC(=O)c1ccccc1O.CC1CC(Cc2ccccc2O)CC(C)(C)C1.CCCCC(CC)COC(=O)c1ccccc1O. The number of esters is 2. The van der Waals surface area contributed by atoms with Gasteiger partial charge in [-0.1, -0.05) is 96.3 Å². The Hall–Kier alpha value is -4.08. The molecule has 9 heteroatoms. The Morgan fingerprint density at radius 1 is 0.792 bits per heavy atom. The standard InChI is InChI=1S/C16H24O.C15H22O3.C13H18O5/c1-12-8-13(11-16(2,3)10-12)9-14-6-4-5-7-15(14)17;1-3-5-8-12(4-2)11-18-15(17)13-9-6-7-10-14(13)16;1-9(14)7-17-8-10(2)18-13(16)11-5-3-4-6-12(11)15/h4-7,12-13,17H,8-11H2,1-3H3;6-7,9-10,12,16H,3-5,8,11H2,1-2H3;3-6,9-10,14-15H,7-8H2,1-2H3. The molecule has 4 N–H and O–H groups in total. The van der Waals surface area contributed by atoms with E-state index in [9.17, 15) is 24.9 Å². The molecule has 1 aliphatic carbocycles. The summed E-state index contributed by atoms with van der Waals surface area (Å²) in [6.45, 7) is 15.5. The second-order valence-corrected chi connectivity index (χ2v) is 15.3. The first kappa shape index (κ1) is 45.1. The van der Waals surface area contributed by atoms with Crippen LogP contribution < -0.4 is 0 Å². The Bertz CT molecular complexity index is 1500. The van der Waals surface area contributed by atoms with Crippen LogP contribution >= 0.6 is 0 Å². The lowest BCUT2D eigenvalue weighted by Crippen LogP contribution is -2.28. The van der Waals surface area contributed by atoms with Crippen LogP contribution in [0.2, 0.25) is 0 Å². The number of carbonyl (C=O) groups excluding carboxylic acids is 2. The van der Waals surface area contributed by atoms with E-state index in [1.54, 1.807) is 50.2 Å². The molecule has 0 amide bonds. The van der Waals surface area contributed by atoms with Crippen LogP contribution in [0.25, 0.3) is 0 Å². The summed E-state index contributed by atoms with van der Waals surface area (Å²) in [5.74, 6) is 1.24. The molecule has 5 unspecified atom stereocenters. The summed E-state index contributed by atoms with van der Waals surface area (Å²) in [6, 6.07) is 20.4. The zero-order valence-corrected chi connectivity index (χ0v) is 32.9. The third-order valence-electron chi connectivity index (χ3n) is 9.24. The van der Waals surface area contributed by atoms with Gasteiger partial charge in [0.1, 0.15) is 34.5 Å². The Labute approximate surface area is 317 Å². The Morgan fingerprint density at radius 3 is 1.89 bits per heavy atom. The number of rotatable bonds is 15. The monoisotopic (exact) mass is 736 g/mol. The first-order chi connectivity index (χ1) is 25.1. The number of phenolic OH excluding ortho intramolecular Hbond substituents is 3. The summed E-state index contributed by atoms with van der Waals surface area (Å²) in [4.78, 5) is 23.5. The molecular formula is C44H64O9. The number of hydrogen-bond acceptors (Lipinski definition) is 9. The van der Waals surface area contributed by atoms with Gasteiger partial charge >= 0.3 is 11.9 Å². The number of aliphatic hydroxyl groups excluding tert-OH is 1. The highest BCUT2D eigenvalue weighted by atomic mass is 16.6. The van der Waals surface area contributed by atoms with E-state index in [2.05, 4.69) is 40.7 Å². The third kappa shape index (κ3) is 17.5. The molecule has 0 heterocycles. The number of para-hydroxylation sites is 3. The van der Waals surface area contributed by atoms with Gasteiger partial charge in [0.25, 0.3) is 0 Å². The molecular weight excluding hydrogens is 672 g/mol. The van der Waals surface area contributed by atoms with Crippen molar-refractivity contribution in [1.82, 2.24) is 0 Å². The fourth-order valence-electron chi connectivity index (χ4n) is 6.84. The average molecular weight is 737 g/mol. The zero-order valence-electron chi connectivity index (χ0n) is 32.9. The average Bonchev–Trinajstić information content (AvgIpc) is 3.09. The maximum atomic E-state index is 11.8. The predicted molar refractivity (Wildman–Crippen MR) is 209 cm³/mol. The van der Waals surface area contributed by atoms with Crippen LogP contribution in [0.1, 0.15) is 120 Å². The number of benzene rings is 3. The lowest BCUT2D eigenvalue weighted by Gasteiger charge is -2.39. The van der Waals surface area contributed by atoms with Crippen LogP contribution in [-0.2, 0) is 20.6 Å². The van der Waals surface area contributed by atoms with Crippen molar-refractivity contribution in [1.29, 1.82) is 0 Å². The molecule has 0 aliphatic heterocycles. The Morgan fingerprint density at radius 2 is 1.36 bits per heavy atom. The van der Waals surface area contributed by atoms with Gasteiger partial charge in [-0.25, -0.2) is 9.59 Å². The molecule has 4 rings (SSSR count). The second kappa shape index (κ2) is 23.6. The summed E-state index contributed by atoms with van der Waals surface area (Å²) >= 11 is 0. The number of hydrogen-bond donors (Lipinski definition) is 4. The van der Waals surface area contributed by atoms with E-state index in [0.29, 0.717) is 23.7 Å². The number of aromatic hydroxyl groups is 3. The minimum atomic E-state index is -0.596. The highest BCUT2D eigenvalue weighted by Crippen LogP contribution is 2.43. The van der Waals surface area contributed by atoms with Gasteiger partial charge < -0.3 is 34.6 Å². The molecule has 1 saturated carbocycles. The van der Waals surface area contributed by atoms with Gasteiger partial charge in [0.15, 0.2) is 0 Å². The number of carbonyl (C=O) groups is 2. The summed E-state index contributed by atoms with van der Waals surface area (Å²) in [6.07, 6.45) is 8.36. The van der Waals surface area contributed by atoms with Crippen LogP contribution in [0.15, 0.2) is 72.8 Å². The van der Waals surface area contributed by atoms with Crippen molar-refractivity contribution in [3.63, 3.8) is 0 Å². The number of ether oxygens (including phenoxy) is 3. The Kier molecular flexibility index (Phi) is 20.0. The number of unbranched alkanes of at least 4 members (excludes halogenated alkanes) is 1. The van der Waals surface area contributed by atoms with Crippen molar-refractivity contribution >= 4 is 11.9 Å². The van der Waals surface area contributed by atoms with E-state index < -0.39 is 24.1 Å². The topological polar surface area (TPSA) is 143 Å². The van der Waals surface area contributed by atoms with Crippen LogP contribution in [0.4, 0.5) is 0 Å².